The minimum atomic E-state index is -0.816. The molecule has 0 radical (unpaired) electrons. The number of carbonyl (C=O) groups is 3. The Morgan fingerprint density at radius 2 is 0.726 bits per heavy atom. The second-order valence-electron chi connectivity index (χ2n) is 16.1. The van der Waals surface area contributed by atoms with Gasteiger partial charge in [-0.15, -0.1) is 0 Å². The first-order valence-corrected chi connectivity index (χ1v) is 24.9. The van der Waals surface area contributed by atoms with Crippen molar-refractivity contribution in [3.8, 4) is 0 Å². The normalized spacial score (nSPS) is 13.0. The molecule has 0 saturated heterocycles. The molecule has 0 aromatic heterocycles. The van der Waals surface area contributed by atoms with Crippen LogP contribution in [0.4, 0.5) is 0 Å². The second kappa shape index (κ2) is 49.7. The number of esters is 3. The molecule has 6 heteroatoms. The zero-order valence-electron chi connectivity index (χ0n) is 39.8. The number of carbonyl (C=O) groups excluding carboxylic acids is 3. The van der Waals surface area contributed by atoms with E-state index in [1.54, 1.807) is 0 Å². The van der Waals surface area contributed by atoms with Crippen molar-refractivity contribution in [2.45, 2.75) is 213 Å². The Kier molecular flexibility index (Phi) is 46.6. The molecule has 0 amide bonds. The molecule has 350 valence electrons. The van der Waals surface area contributed by atoms with Crippen molar-refractivity contribution in [1.29, 1.82) is 0 Å². The van der Waals surface area contributed by atoms with Crippen LogP contribution in [0.5, 0.6) is 0 Å². The van der Waals surface area contributed by atoms with Crippen LogP contribution < -0.4 is 0 Å². The first-order valence-electron chi connectivity index (χ1n) is 24.9. The van der Waals surface area contributed by atoms with E-state index < -0.39 is 6.10 Å². The van der Waals surface area contributed by atoms with Crippen LogP contribution in [0.15, 0.2) is 109 Å². The van der Waals surface area contributed by atoms with Crippen LogP contribution in [0, 0.1) is 0 Å². The van der Waals surface area contributed by atoms with Crippen LogP contribution >= 0.6 is 0 Å². The number of unbranched alkanes of at least 4 members (excludes halogenated alkanes) is 17. The topological polar surface area (TPSA) is 78.9 Å². The lowest BCUT2D eigenvalue weighted by atomic mass is 10.0. The predicted octanol–water partition coefficient (Wildman–Crippen LogP) is 16.4. The maximum Gasteiger partial charge on any atom is 0.306 e. The quantitative estimate of drug-likeness (QED) is 0.0200. The summed E-state index contributed by atoms with van der Waals surface area (Å²) in [6.45, 7) is 6.28. The van der Waals surface area contributed by atoms with Crippen LogP contribution in [0.2, 0.25) is 0 Å². The predicted molar refractivity (Wildman–Crippen MR) is 265 cm³/mol. The van der Waals surface area contributed by atoms with E-state index in [0.29, 0.717) is 19.3 Å². The van der Waals surface area contributed by atoms with Crippen molar-refractivity contribution in [2.24, 2.45) is 0 Å². The van der Waals surface area contributed by atoms with E-state index in [1.807, 2.05) is 36.5 Å². The molecule has 0 spiro atoms. The maximum absolute atomic E-state index is 12.8. The largest absolute Gasteiger partial charge is 0.462 e. The highest BCUT2D eigenvalue weighted by atomic mass is 16.6. The highest BCUT2D eigenvalue weighted by Gasteiger charge is 2.19. The van der Waals surface area contributed by atoms with Gasteiger partial charge in [0.05, 0.1) is 0 Å². The monoisotopic (exact) mass is 859 g/mol. The Hall–Kier alpha value is -3.93. The Balaban J connectivity index is 4.54. The highest BCUT2D eigenvalue weighted by Crippen LogP contribution is 2.14. The lowest BCUT2D eigenvalue weighted by Gasteiger charge is -2.18. The number of rotatable bonds is 43. The SMILES string of the molecule is CC\C=C/C=C\C=C/C=C\CCCCCC(=O)OCC(COC(=O)CCC/C=C\C/C=C\C/C=C\C/C=C\C/C=C\CC)OC(=O)CCCCCCCCCCCCCCCC. The van der Waals surface area contributed by atoms with Gasteiger partial charge in [-0.25, -0.2) is 0 Å². The van der Waals surface area contributed by atoms with Gasteiger partial charge in [0.1, 0.15) is 13.2 Å². The van der Waals surface area contributed by atoms with E-state index >= 15 is 0 Å². The summed E-state index contributed by atoms with van der Waals surface area (Å²) < 4.78 is 16.7. The Bertz CT molecular complexity index is 1310. The van der Waals surface area contributed by atoms with Crippen LogP contribution in [-0.2, 0) is 28.6 Å². The summed E-state index contributed by atoms with van der Waals surface area (Å²) in [6, 6.07) is 0. The third-order valence-electron chi connectivity index (χ3n) is 10.1. The summed E-state index contributed by atoms with van der Waals surface area (Å²) in [6.07, 6.45) is 66.5. The Morgan fingerprint density at radius 1 is 0.355 bits per heavy atom. The van der Waals surface area contributed by atoms with Gasteiger partial charge in [0.15, 0.2) is 6.10 Å². The smallest absolute Gasteiger partial charge is 0.306 e. The zero-order chi connectivity index (χ0) is 45.1. The molecule has 0 aliphatic rings. The van der Waals surface area contributed by atoms with Crippen molar-refractivity contribution >= 4 is 17.9 Å². The van der Waals surface area contributed by atoms with Gasteiger partial charge in [0.2, 0.25) is 0 Å². The van der Waals surface area contributed by atoms with E-state index in [-0.39, 0.29) is 37.5 Å². The van der Waals surface area contributed by atoms with Gasteiger partial charge >= 0.3 is 17.9 Å². The molecule has 0 aliphatic heterocycles. The van der Waals surface area contributed by atoms with Gasteiger partial charge in [0.25, 0.3) is 0 Å². The van der Waals surface area contributed by atoms with Gasteiger partial charge in [-0.2, -0.15) is 0 Å². The summed E-state index contributed by atoms with van der Waals surface area (Å²) in [7, 11) is 0. The molecule has 6 nitrogen and oxygen atoms in total. The summed E-state index contributed by atoms with van der Waals surface area (Å²) in [4.78, 5) is 37.9. The summed E-state index contributed by atoms with van der Waals surface area (Å²) >= 11 is 0. The zero-order valence-corrected chi connectivity index (χ0v) is 39.8. The van der Waals surface area contributed by atoms with E-state index in [9.17, 15) is 14.4 Å². The number of hydrogen-bond donors (Lipinski definition) is 0. The Labute approximate surface area is 380 Å². The van der Waals surface area contributed by atoms with Gasteiger partial charge in [-0.3, -0.25) is 14.4 Å². The standard InChI is InChI=1S/C56H90O6/c1-4-7-10-13-16-19-22-25-27-28-29-32-34-37-40-43-46-49-55(58)61-52-53(51-60-54(57)48-45-42-39-36-33-30-24-21-18-15-12-9-6-3)62-56(59)50-47-44-41-38-35-31-26-23-20-17-14-11-8-5-2/h7,9-10,12,15-16,18-19,21,24-25,27,29-30,32-33,37,40,53H,4-6,8,11,13-14,17,20,22-23,26,28,31,34-36,38-39,41-52H2,1-3H3/b10-7-,12-9-,18-15-,19-16-,24-21-,27-25-,32-29-,33-30-,40-37-. The minimum absolute atomic E-state index is 0.117. The van der Waals surface area contributed by atoms with Crippen molar-refractivity contribution in [3.05, 3.63) is 109 Å². The van der Waals surface area contributed by atoms with Crippen molar-refractivity contribution < 1.29 is 28.6 Å². The molecule has 0 aromatic rings. The lowest BCUT2D eigenvalue weighted by molar-refractivity contribution is -0.167. The lowest BCUT2D eigenvalue weighted by Crippen LogP contribution is -2.30. The molecule has 0 N–H and O–H groups in total. The molecule has 0 rings (SSSR count). The third-order valence-corrected chi connectivity index (χ3v) is 10.1. The fraction of sp³-hybridized carbons (Fsp3) is 0.625. The highest BCUT2D eigenvalue weighted by molar-refractivity contribution is 5.71. The first-order chi connectivity index (χ1) is 30.5. The van der Waals surface area contributed by atoms with Crippen LogP contribution in [0.25, 0.3) is 0 Å². The molecular formula is C56H90O6. The molecular weight excluding hydrogens is 769 g/mol. The van der Waals surface area contributed by atoms with E-state index in [4.69, 9.17) is 14.2 Å². The average Bonchev–Trinajstić information content (AvgIpc) is 3.27. The molecule has 0 saturated carbocycles. The van der Waals surface area contributed by atoms with Crippen LogP contribution in [0.1, 0.15) is 207 Å². The maximum atomic E-state index is 12.8. The van der Waals surface area contributed by atoms with Crippen molar-refractivity contribution in [2.75, 3.05) is 13.2 Å². The molecule has 1 unspecified atom stereocenters. The van der Waals surface area contributed by atoms with Crippen LogP contribution in [0.3, 0.4) is 0 Å². The minimum Gasteiger partial charge on any atom is -0.462 e. The van der Waals surface area contributed by atoms with Crippen molar-refractivity contribution in [1.82, 2.24) is 0 Å². The molecule has 0 heterocycles. The van der Waals surface area contributed by atoms with E-state index in [2.05, 4.69) is 93.7 Å². The van der Waals surface area contributed by atoms with Gasteiger partial charge in [-0.1, -0.05) is 220 Å². The molecule has 0 aromatic carbocycles. The van der Waals surface area contributed by atoms with Gasteiger partial charge in [-0.05, 0) is 77.0 Å². The third kappa shape index (κ3) is 47.1. The van der Waals surface area contributed by atoms with Crippen molar-refractivity contribution in [3.63, 3.8) is 0 Å². The molecule has 0 aliphatic carbocycles. The molecule has 0 bridgehead atoms. The van der Waals surface area contributed by atoms with E-state index in [1.165, 1.54) is 70.6 Å². The van der Waals surface area contributed by atoms with Gasteiger partial charge in [0, 0.05) is 19.3 Å². The molecule has 0 fully saturated rings. The first kappa shape index (κ1) is 58.1. The second-order valence-corrected chi connectivity index (χ2v) is 16.1. The average molecular weight is 859 g/mol. The fourth-order valence-electron chi connectivity index (χ4n) is 6.43. The van der Waals surface area contributed by atoms with Gasteiger partial charge < -0.3 is 14.2 Å². The number of allylic oxidation sites excluding steroid dienone is 18. The number of ether oxygens (including phenoxy) is 3. The summed E-state index contributed by atoms with van der Waals surface area (Å²) in [5, 5.41) is 0. The fourth-order valence-corrected chi connectivity index (χ4v) is 6.43. The summed E-state index contributed by atoms with van der Waals surface area (Å²) in [5.74, 6) is -1.02. The molecule has 62 heavy (non-hydrogen) atoms. The van der Waals surface area contributed by atoms with E-state index in [0.717, 1.165) is 89.9 Å². The number of hydrogen-bond acceptors (Lipinski definition) is 6. The molecule has 1 atom stereocenters. The Morgan fingerprint density at radius 3 is 1.23 bits per heavy atom. The van der Waals surface area contributed by atoms with Crippen LogP contribution in [-0.4, -0.2) is 37.2 Å². The summed E-state index contributed by atoms with van der Waals surface area (Å²) in [5.41, 5.74) is 0.